The number of hydrogen-bond donors (Lipinski definition) is 0. The summed E-state index contributed by atoms with van der Waals surface area (Å²) in [5, 5.41) is 8.78. The van der Waals surface area contributed by atoms with Crippen LogP contribution in [0.5, 0.6) is 11.5 Å². The minimum atomic E-state index is -0.764. The zero-order valence-electron chi connectivity index (χ0n) is 18.8. The van der Waals surface area contributed by atoms with Gasteiger partial charge in [0.1, 0.15) is 17.7 Å². The van der Waals surface area contributed by atoms with Crippen LogP contribution in [0.3, 0.4) is 0 Å². The van der Waals surface area contributed by atoms with E-state index in [-0.39, 0.29) is 16.8 Å². The van der Waals surface area contributed by atoms with E-state index in [1.54, 1.807) is 36.4 Å². The summed E-state index contributed by atoms with van der Waals surface area (Å²) in [7, 11) is 1.53. The fourth-order valence-corrected chi connectivity index (χ4v) is 4.72. The Bertz CT molecular complexity index is 1490. The second kappa shape index (κ2) is 8.42. The highest BCUT2D eigenvalue weighted by Gasteiger charge is 2.45. The standard InChI is InChI=1S/C25H21N3O5S/c1-5-8-32-17-7-6-15(11-19(17)31-4)21-20-22(29)16-9-13(2)14(3)10-18(16)33-23(20)24(30)28(21)25-27-26-12-34-25/h5-7,9-12,21H,1,8H2,2-4H3. The lowest BCUT2D eigenvalue weighted by Crippen LogP contribution is -2.29. The average molecular weight is 476 g/mol. The molecule has 1 atom stereocenters. The minimum absolute atomic E-state index is 0.00639. The highest BCUT2D eigenvalue weighted by molar-refractivity contribution is 7.13. The lowest BCUT2D eigenvalue weighted by Gasteiger charge is -2.23. The van der Waals surface area contributed by atoms with Gasteiger partial charge in [0.05, 0.1) is 24.1 Å². The number of methoxy groups -OCH3 is 1. The number of anilines is 1. The molecule has 0 saturated heterocycles. The van der Waals surface area contributed by atoms with Crippen molar-refractivity contribution in [2.45, 2.75) is 19.9 Å². The molecule has 1 aliphatic heterocycles. The molecule has 8 nitrogen and oxygen atoms in total. The van der Waals surface area contributed by atoms with E-state index < -0.39 is 11.9 Å². The average Bonchev–Trinajstić information content (AvgIpc) is 3.46. The number of hydrogen-bond acceptors (Lipinski definition) is 8. The van der Waals surface area contributed by atoms with Crippen LogP contribution in [-0.2, 0) is 0 Å². The maximum atomic E-state index is 13.8. The highest BCUT2D eigenvalue weighted by atomic mass is 32.1. The Balaban J connectivity index is 1.76. The van der Waals surface area contributed by atoms with Gasteiger partial charge in [0.15, 0.2) is 16.9 Å². The first-order valence-corrected chi connectivity index (χ1v) is 11.4. The summed E-state index contributed by atoms with van der Waals surface area (Å²) in [4.78, 5) is 28.8. The van der Waals surface area contributed by atoms with Crippen LogP contribution in [0.1, 0.15) is 38.9 Å². The number of aromatic nitrogens is 2. The molecule has 0 bridgehead atoms. The van der Waals surface area contributed by atoms with Gasteiger partial charge < -0.3 is 13.9 Å². The number of aryl methyl sites for hydroxylation is 2. The second-order valence-electron chi connectivity index (χ2n) is 7.92. The maximum Gasteiger partial charge on any atom is 0.297 e. The zero-order chi connectivity index (χ0) is 24.0. The van der Waals surface area contributed by atoms with Crippen LogP contribution in [0.15, 0.2) is 57.7 Å². The Morgan fingerprint density at radius 3 is 2.68 bits per heavy atom. The van der Waals surface area contributed by atoms with Gasteiger partial charge in [0, 0.05) is 0 Å². The van der Waals surface area contributed by atoms with Crippen LogP contribution in [0.2, 0.25) is 0 Å². The van der Waals surface area contributed by atoms with E-state index in [2.05, 4.69) is 16.8 Å². The number of benzene rings is 2. The smallest absolute Gasteiger partial charge is 0.297 e. The molecule has 0 radical (unpaired) electrons. The predicted molar refractivity (Wildman–Crippen MR) is 129 cm³/mol. The van der Waals surface area contributed by atoms with Crippen LogP contribution < -0.4 is 19.8 Å². The van der Waals surface area contributed by atoms with Crippen molar-refractivity contribution >= 4 is 33.3 Å². The molecule has 172 valence electrons. The monoisotopic (exact) mass is 475 g/mol. The predicted octanol–water partition coefficient (Wildman–Crippen LogP) is 4.58. The molecule has 0 saturated carbocycles. The Hall–Kier alpha value is -3.98. The molecule has 2 aromatic carbocycles. The summed E-state index contributed by atoms with van der Waals surface area (Å²) in [6, 6.07) is 8.12. The largest absolute Gasteiger partial charge is 0.493 e. The lowest BCUT2D eigenvalue weighted by atomic mass is 9.97. The molecule has 0 aliphatic carbocycles. The van der Waals surface area contributed by atoms with Gasteiger partial charge in [-0.15, -0.1) is 10.2 Å². The Morgan fingerprint density at radius 1 is 1.18 bits per heavy atom. The zero-order valence-corrected chi connectivity index (χ0v) is 19.6. The molecule has 0 spiro atoms. The fraction of sp³-hybridized carbons (Fsp3) is 0.200. The summed E-state index contributed by atoms with van der Waals surface area (Å²) in [5.41, 5.74) is 4.51. The number of amides is 1. The number of carbonyl (C=O) groups is 1. The first-order valence-electron chi connectivity index (χ1n) is 10.5. The fourth-order valence-electron chi connectivity index (χ4n) is 4.14. The van der Waals surface area contributed by atoms with E-state index >= 15 is 0 Å². The van der Waals surface area contributed by atoms with E-state index in [0.717, 1.165) is 11.1 Å². The third kappa shape index (κ3) is 3.36. The highest BCUT2D eigenvalue weighted by Crippen LogP contribution is 2.43. The summed E-state index contributed by atoms with van der Waals surface area (Å²) < 4.78 is 17.2. The molecule has 5 rings (SSSR count). The maximum absolute atomic E-state index is 13.8. The van der Waals surface area contributed by atoms with E-state index in [1.807, 2.05) is 13.8 Å². The molecule has 1 amide bonds. The van der Waals surface area contributed by atoms with Crippen LogP contribution in [-0.4, -0.2) is 29.8 Å². The van der Waals surface area contributed by atoms with Crippen LogP contribution in [0, 0.1) is 13.8 Å². The van der Waals surface area contributed by atoms with E-state index in [4.69, 9.17) is 13.9 Å². The summed E-state index contributed by atoms with van der Waals surface area (Å²) >= 11 is 1.20. The molecular weight excluding hydrogens is 454 g/mol. The number of ether oxygens (including phenoxy) is 2. The normalized spacial score (nSPS) is 15.0. The number of fused-ring (bicyclic) bond motifs is 2. The quantitative estimate of drug-likeness (QED) is 0.377. The Kier molecular flexibility index (Phi) is 5.41. The molecule has 2 aromatic heterocycles. The van der Waals surface area contributed by atoms with Crippen molar-refractivity contribution in [1.82, 2.24) is 10.2 Å². The summed E-state index contributed by atoms with van der Waals surface area (Å²) in [5.74, 6) is 0.552. The van der Waals surface area contributed by atoms with Crippen LogP contribution >= 0.6 is 11.3 Å². The first-order chi connectivity index (χ1) is 16.4. The lowest BCUT2D eigenvalue weighted by molar-refractivity contribution is 0.0970. The van der Waals surface area contributed by atoms with Gasteiger partial charge in [-0.2, -0.15) is 0 Å². The van der Waals surface area contributed by atoms with Gasteiger partial charge in [0.25, 0.3) is 5.91 Å². The van der Waals surface area contributed by atoms with Crippen molar-refractivity contribution in [3.05, 3.63) is 86.7 Å². The van der Waals surface area contributed by atoms with E-state index in [9.17, 15) is 9.59 Å². The third-order valence-corrected chi connectivity index (χ3v) is 6.59. The van der Waals surface area contributed by atoms with Crippen molar-refractivity contribution < 1.29 is 18.7 Å². The Labute approximate surface area is 199 Å². The van der Waals surface area contributed by atoms with Crippen molar-refractivity contribution in [2.75, 3.05) is 18.6 Å². The van der Waals surface area contributed by atoms with Gasteiger partial charge in [-0.3, -0.25) is 14.5 Å². The molecule has 0 fully saturated rings. The molecule has 9 heteroatoms. The van der Waals surface area contributed by atoms with Crippen molar-refractivity contribution in [3.8, 4) is 11.5 Å². The summed E-state index contributed by atoms with van der Waals surface area (Å²) in [6.07, 6.45) is 1.64. The molecular formula is C25H21N3O5S. The molecule has 4 aromatic rings. The van der Waals surface area contributed by atoms with Gasteiger partial charge in [-0.25, -0.2) is 0 Å². The summed E-state index contributed by atoms with van der Waals surface area (Å²) in [6.45, 7) is 7.84. The molecule has 3 heterocycles. The van der Waals surface area contributed by atoms with E-state index in [0.29, 0.717) is 39.8 Å². The Morgan fingerprint density at radius 2 is 1.97 bits per heavy atom. The first kappa shape index (κ1) is 21.8. The topological polar surface area (TPSA) is 94.8 Å². The number of carbonyl (C=O) groups excluding carboxylic acids is 1. The van der Waals surface area contributed by atoms with Gasteiger partial charge in [0.2, 0.25) is 10.9 Å². The van der Waals surface area contributed by atoms with Crippen LogP contribution in [0.25, 0.3) is 11.0 Å². The number of rotatable bonds is 6. The third-order valence-electron chi connectivity index (χ3n) is 5.90. The van der Waals surface area contributed by atoms with E-state index in [1.165, 1.54) is 28.9 Å². The van der Waals surface area contributed by atoms with Crippen molar-refractivity contribution in [1.29, 1.82) is 0 Å². The number of nitrogens with zero attached hydrogens (tertiary/aromatic N) is 3. The second-order valence-corrected chi connectivity index (χ2v) is 8.73. The molecule has 1 aliphatic rings. The molecule has 0 N–H and O–H groups in total. The van der Waals surface area contributed by atoms with Crippen molar-refractivity contribution in [2.24, 2.45) is 0 Å². The van der Waals surface area contributed by atoms with Gasteiger partial charge in [-0.05, 0) is 54.8 Å². The van der Waals surface area contributed by atoms with Crippen LogP contribution in [0.4, 0.5) is 5.13 Å². The SMILES string of the molecule is C=CCOc1ccc(C2c3c(oc4cc(C)c(C)cc4c3=O)C(=O)N2c2nncs2)cc1OC. The molecule has 1 unspecified atom stereocenters. The minimum Gasteiger partial charge on any atom is -0.493 e. The molecule has 34 heavy (non-hydrogen) atoms. The van der Waals surface area contributed by atoms with Gasteiger partial charge >= 0.3 is 0 Å². The van der Waals surface area contributed by atoms with Crippen molar-refractivity contribution in [3.63, 3.8) is 0 Å². The van der Waals surface area contributed by atoms with Gasteiger partial charge in [-0.1, -0.05) is 30.1 Å².